The van der Waals surface area contributed by atoms with Gasteiger partial charge in [-0.2, -0.15) is 0 Å². The number of hydrogen-bond acceptors (Lipinski definition) is 8. The number of aromatic nitrogens is 3. The summed E-state index contributed by atoms with van der Waals surface area (Å²) < 4.78 is 6.99. The monoisotopic (exact) mass is 401 g/mol. The van der Waals surface area contributed by atoms with E-state index in [2.05, 4.69) is 14.9 Å². The van der Waals surface area contributed by atoms with Gasteiger partial charge in [-0.05, 0) is 11.4 Å². The Bertz CT molecular complexity index is 960. The number of carbonyl (C=O) groups excluding carboxylic acids is 1. The molecular weight excluding hydrogens is 382 g/mol. The predicted molar refractivity (Wildman–Crippen MR) is 105 cm³/mol. The Kier molecular flexibility index (Phi) is 4.30. The smallest absolute Gasteiger partial charge is 0.226 e. The fourth-order valence-corrected chi connectivity index (χ4v) is 5.21. The number of carbonyl (C=O) groups is 1. The molecule has 2 aliphatic rings. The van der Waals surface area contributed by atoms with Crippen molar-refractivity contribution < 1.29 is 9.53 Å². The average Bonchev–Trinajstić information content (AvgIpc) is 3.36. The number of anilines is 1. The van der Waals surface area contributed by atoms with Crippen LogP contribution in [0.4, 0.5) is 5.95 Å². The highest BCUT2D eigenvalue weighted by atomic mass is 32.1. The highest BCUT2D eigenvalue weighted by Gasteiger charge is 2.46. The maximum atomic E-state index is 12.7. The number of thiazole rings is 1. The van der Waals surface area contributed by atoms with Gasteiger partial charge in [0.1, 0.15) is 0 Å². The molecule has 7 nitrogen and oxygen atoms in total. The van der Waals surface area contributed by atoms with E-state index < -0.39 is 0 Å². The van der Waals surface area contributed by atoms with Gasteiger partial charge in [0, 0.05) is 42.5 Å². The standard InChI is InChI=1S/C18H19N5O2S2/c24-16-5-18(10-23(16)8-13-6-19-12-27-13)9-22(2-3-25-11-18)17-20-7-15-14(21-17)1-4-26-15/h1,4,6-7,12H,2-3,5,8-11H2/t18-/m1/s1. The van der Waals surface area contributed by atoms with E-state index in [0.29, 0.717) is 32.7 Å². The Balaban J connectivity index is 1.38. The molecule has 0 bridgehead atoms. The van der Waals surface area contributed by atoms with E-state index in [1.54, 1.807) is 28.2 Å². The van der Waals surface area contributed by atoms with Crippen molar-refractivity contribution in [2.45, 2.75) is 13.0 Å². The normalized spacial score (nSPS) is 23.5. The van der Waals surface area contributed by atoms with E-state index in [9.17, 15) is 4.79 Å². The highest BCUT2D eigenvalue weighted by molar-refractivity contribution is 7.17. The summed E-state index contributed by atoms with van der Waals surface area (Å²) in [5.74, 6) is 0.905. The van der Waals surface area contributed by atoms with Crippen LogP contribution >= 0.6 is 22.7 Å². The third-order valence-electron chi connectivity index (χ3n) is 5.15. The van der Waals surface area contributed by atoms with Crippen LogP contribution in [0, 0.1) is 5.41 Å². The first-order valence-corrected chi connectivity index (χ1v) is 10.6. The maximum Gasteiger partial charge on any atom is 0.226 e. The van der Waals surface area contributed by atoms with Crippen LogP contribution in [0.25, 0.3) is 10.2 Å². The van der Waals surface area contributed by atoms with Gasteiger partial charge in [-0.15, -0.1) is 22.7 Å². The zero-order chi connectivity index (χ0) is 18.3. The molecule has 9 heteroatoms. The molecule has 1 spiro atoms. The molecular formula is C18H19N5O2S2. The van der Waals surface area contributed by atoms with Crippen molar-refractivity contribution in [3.8, 4) is 0 Å². The quantitative estimate of drug-likeness (QED) is 0.671. The first-order chi connectivity index (χ1) is 13.2. The van der Waals surface area contributed by atoms with Crippen molar-refractivity contribution in [3.05, 3.63) is 34.2 Å². The molecule has 2 fully saturated rings. The second-order valence-electron chi connectivity index (χ2n) is 7.21. The number of hydrogen-bond donors (Lipinski definition) is 0. The van der Waals surface area contributed by atoms with Gasteiger partial charge in [0.2, 0.25) is 11.9 Å². The minimum atomic E-state index is -0.217. The molecule has 0 aliphatic carbocycles. The van der Waals surface area contributed by atoms with Gasteiger partial charge in [0.15, 0.2) is 0 Å². The number of rotatable bonds is 3. The van der Waals surface area contributed by atoms with E-state index in [1.807, 2.05) is 28.7 Å². The number of likely N-dealkylation sites (tertiary alicyclic amines) is 1. The molecule has 5 rings (SSSR count). The molecule has 0 unspecified atom stereocenters. The lowest BCUT2D eigenvalue weighted by molar-refractivity contribution is -0.128. The molecule has 3 aromatic heterocycles. The molecule has 2 saturated heterocycles. The number of thiophene rings is 1. The second-order valence-corrected chi connectivity index (χ2v) is 9.13. The van der Waals surface area contributed by atoms with Crippen LogP contribution in [-0.4, -0.2) is 58.6 Å². The molecule has 1 atom stereocenters. The predicted octanol–water partition coefficient (Wildman–Crippen LogP) is 2.40. The largest absolute Gasteiger partial charge is 0.379 e. The Hall–Kier alpha value is -2.10. The van der Waals surface area contributed by atoms with Gasteiger partial charge in [-0.3, -0.25) is 9.78 Å². The Morgan fingerprint density at radius 2 is 2.22 bits per heavy atom. The lowest BCUT2D eigenvalue weighted by Gasteiger charge is -2.31. The van der Waals surface area contributed by atoms with Gasteiger partial charge in [-0.1, -0.05) is 0 Å². The Morgan fingerprint density at radius 1 is 1.26 bits per heavy atom. The molecule has 2 aliphatic heterocycles. The van der Waals surface area contributed by atoms with Crippen LogP contribution in [0.5, 0.6) is 0 Å². The number of ether oxygens (including phenoxy) is 1. The summed E-state index contributed by atoms with van der Waals surface area (Å²) >= 11 is 3.23. The van der Waals surface area contributed by atoms with Crippen molar-refractivity contribution >= 4 is 44.7 Å². The first kappa shape index (κ1) is 17.0. The summed E-state index contributed by atoms with van der Waals surface area (Å²) in [6.07, 6.45) is 4.22. The molecule has 0 radical (unpaired) electrons. The van der Waals surface area contributed by atoms with Crippen molar-refractivity contribution in [3.63, 3.8) is 0 Å². The topological polar surface area (TPSA) is 71.5 Å². The van der Waals surface area contributed by atoms with Crippen LogP contribution in [0.3, 0.4) is 0 Å². The van der Waals surface area contributed by atoms with E-state index >= 15 is 0 Å². The summed E-state index contributed by atoms with van der Waals surface area (Å²) in [5, 5.41) is 2.03. The van der Waals surface area contributed by atoms with Gasteiger partial charge < -0.3 is 14.5 Å². The van der Waals surface area contributed by atoms with Gasteiger partial charge in [0.25, 0.3) is 0 Å². The lowest BCUT2D eigenvalue weighted by atomic mass is 9.87. The number of amides is 1. The van der Waals surface area contributed by atoms with E-state index in [4.69, 9.17) is 9.72 Å². The Labute approximate surface area is 164 Å². The van der Waals surface area contributed by atoms with Gasteiger partial charge >= 0.3 is 0 Å². The lowest BCUT2D eigenvalue weighted by Crippen LogP contribution is -2.41. The average molecular weight is 402 g/mol. The van der Waals surface area contributed by atoms with Crippen molar-refractivity contribution in [1.29, 1.82) is 0 Å². The summed E-state index contributed by atoms with van der Waals surface area (Å²) in [7, 11) is 0. The summed E-state index contributed by atoms with van der Waals surface area (Å²) in [4.78, 5) is 31.3. The zero-order valence-electron chi connectivity index (χ0n) is 14.7. The summed E-state index contributed by atoms with van der Waals surface area (Å²) in [6.45, 7) is 4.00. The minimum absolute atomic E-state index is 0.183. The summed E-state index contributed by atoms with van der Waals surface area (Å²) in [5.41, 5.74) is 2.56. The van der Waals surface area contributed by atoms with E-state index in [1.165, 1.54) is 0 Å². The zero-order valence-corrected chi connectivity index (χ0v) is 16.3. The van der Waals surface area contributed by atoms with Crippen LogP contribution < -0.4 is 4.90 Å². The summed E-state index contributed by atoms with van der Waals surface area (Å²) in [6, 6.07) is 2.02. The fraction of sp³-hybridized carbons (Fsp3) is 0.444. The van der Waals surface area contributed by atoms with Gasteiger partial charge in [-0.25, -0.2) is 9.97 Å². The van der Waals surface area contributed by atoms with Crippen molar-refractivity contribution in [2.75, 3.05) is 37.7 Å². The minimum Gasteiger partial charge on any atom is -0.379 e. The number of fused-ring (bicyclic) bond motifs is 1. The molecule has 140 valence electrons. The third-order valence-corrected chi connectivity index (χ3v) is 6.75. The van der Waals surface area contributed by atoms with E-state index in [0.717, 1.165) is 34.1 Å². The molecule has 1 amide bonds. The van der Waals surface area contributed by atoms with Crippen LogP contribution in [-0.2, 0) is 16.1 Å². The third kappa shape index (κ3) is 3.30. The van der Waals surface area contributed by atoms with Crippen molar-refractivity contribution in [1.82, 2.24) is 19.9 Å². The molecule has 0 aromatic carbocycles. The van der Waals surface area contributed by atoms with Crippen LogP contribution in [0.2, 0.25) is 0 Å². The highest BCUT2D eigenvalue weighted by Crippen LogP contribution is 2.36. The second kappa shape index (κ2) is 6.81. The maximum absolute atomic E-state index is 12.7. The fourth-order valence-electron chi connectivity index (χ4n) is 3.91. The molecule has 0 N–H and O–H groups in total. The van der Waals surface area contributed by atoms with Crippen molar-refractivity contribution in [2.24, 2.45) is 5.41 Å². The Morgan fingerprint density at radius 3 is 3.11 bits per heavy atom. The first-order valence-electron chi connectivity index (χ1n) is 8.89. The molecule has 3 aromatic rings. The van der Waals surface area contributed by atoms with Crippen LogP contribution in [0.1, 0.15) is 11.3 Å². The SMILES string of the molecule is O=C1C[C@]2(COCCN(c3ncc4sccc4n3)C2)CN1Cc1cncs1. The van der Waals surface area contributed by atoms with Gasteiger partial charge in [0.05, 0.1) is 41.7 Å². The van der Waals surface area contributed by atoms with E-state index in [-0.39, 0.29) is 11.3 Å². The van der Waals surface area contributed by atoms with Crippen LogP contribution in [0.15, 0.2) is 29.4 Å². The molecule has 27 heavy (non-hydrogen) atoms. The molecule has 0 saturated carbocycles. The number of nitrogens with zero attached hydrogens (tertiary/aromatic N) is 5. The molecule has 5 heterocycles.